The smallest absolute Gasteiger partial charge is 0.274 e. The molecule has 0 saturated carbocycles. The fourth-order valence-electron chi connectivity index (χ4n) is 3.51. The predicted octanol–water partition coefficient (Wildman–Crippen LogP) is 2.07. The molecule has 144 valence electrons. The molecular formula is C20H26N4O3. The summed E-state index contributed by atoms with van der Waals surface area (Å²) in [5, 5.41) is 7.92. The minimum Gasteiger partial charge on any atom is -0.486 e. The van der Waals surface area contributed by atoms with Crippen LogP contribution >= 0.6 is 0 Å². The Kier molecular flexibility index (Phi) is 5.03. The maximum Gasteiger partial charge on any atom is 0.274 e. The van der Waals surface area contributed by atoms with Gasteiger partial charge in [0.2, 0.25) is 0 Å². The molecule has 1 N–H and O–H groups in total. The Morgan fingerprint density at radius 1 is 1.37 bits per heavy atom. The third-order valence-electron chi connectivity index (χ3n) is 4.96. The molecule has 7 heteroatoms. The summed E-state index contributed by atoms with van der Waals surface area (Å²) < 4.78 is 13.8. The van der Waals surface area contributed by atoms with Crippen LogP contribution in [0.5, 0.6) is 11.5 Å². The van der Waals surface area contributed by atoms with E-state index in [4.69, 9.17) is 9.47 Å². The van der Waals surface area contributed by atoms with Crippen molar-refractivity contribution in [3.8, 4) is 11.5 Å². The fraction of sp³-hybridized carbons (Fsp3) is 0.500. The molecule has 7 nitrogen and oxygen atoms in total. The van der Waals surface area contributed by atoms with Gasteiger partial charge in [0.15, 0.2) is 23.3 Å². The Bertz CT molecular complexity index is 794. The van der Waals surface area contributed by atoms with Crippen LogP contribution in [0.3, 0.4) is 0 Å². The van der Waals surface area contributed by atoms with Crippen LogP contribution < -0.4 is 14.8 Å². The summed E-state index contributed by atoms with van der Waals surface area (Å²) in [5.74, 6) is 1.42. The van der Waals surface area contributed by atoms with E-state index >= 15 is 0 Å². The van der Waals surface area contributed by atoms with Crippen molar-refractivity contribution in [2.75, 3.05) is 19.7 Å². The van der Waals surface area contributed by atoms with Crippen LogP contribution in [0.2, 0.25) is 0 Å². The van der Waals surface area contributed by atoms with Crippen LogP contribution in [0.4, 0.5) is 0 Å². The summed E-state index contributed by atoms with van der Waals surface area (Å²) >= 11 is 0. The third-order valence-corrected chi connectivity index (χ3v) is 4.96. The zero-order chi connectivity index (χ0) is 18.8. The number of aryl methyl sites for hydroxylation is 1. The number of para-hydroxylation sites is 2. The van der Waals surface area contributed by atoms with E-state index in [1.165, 1.54) is 0 Å². The lowest BCUT2D eigenvalue weighted by Gasteiger charge is -2.33. The van der Waals surface area contributed by atoms with Gasteiger partial charge in [-0.15, -0.1) is 0 Å². The van der Waals surface area contributed by atoms with Gasteiger partial charge in [-0.25, -0.2) is 0 Å². The van der Waals surface area contributed by atoms with Gasteiger partial charge in [-0.1, -0.05) is 12.1 Å². The van der Waals surface area contributed by atoms with Crippen molar-refractivity contribution in [2.24, 2.45) is 0 Å². The molecule has 2 aromatic rings. The van der Waals surface area contributed by atoms with Gasteiger partial charge in [0.05, 0.1) is 12.2 Å². The second kappa shape index (κ2) is 7.60. The standard InChI is InChI=1S/C20H26N4O3/c1-14(2)23(12-16-13-26-18-6-3-4-7-19(18)27-16)20(25)17-10-15-11-21-8-5-9-24(15)22-17/h3-4,6-7,10,14,16,21H,5,8-9,11-13H2,1-2H3/t16-/m0/s1. The lowest BCUT2D eigenvalue weighted by Crippen LogP contribution is -2.46. The van der Waals surface area contributed by atoms with Crippen molar-refractivity contribution in [2.45, 2.75) is 45.5 Å². The third kappa shape index (κ3) is 3.78. The molecule has 27 heavy (non-hydrogen) atoms. The number of hydrogen-bond acceptors (Lipinski definition) is 5. The molecule has 0 bridgehead atoms. The summed E-state index contributed by atoms with van der Waals surface area (Å²) in [4.78, 5) is 15.0. The molecule has 1 atom stereocenters. The number of carbonyl (C=O) groups is 1. The molecule has 0 spiro atoms. The molecule has 1 amide bonds. The van der Waals surface area contributed by atoms with E-state index in [-0.39, 0.29) is 18.1 Å². The maximum atomic E-state index is 13.1. The number of benzene rings is 1. The molecule has 4 rings (SSSR count). The van der Waals surface area contributed by atoms with Crippen LogP contribution in [-0.4, -0.2) is 52.4 Å². The van der Waals surface area contributed by atoms with Crippen molar-refractivity contribution in [3.63, 3.8) is 0 Å². The van der Waals surface area contributed by atoms with E-state index < -0.39 is 0 Å². The maximum absolute atomic E-state index is 13.1. The predicted molar refractivity (Wildman–Crippen MR) is 101 cm³/mol. The largest absolute Gasteiger partial charge is 0.486 e. The van der Waals surface area contributed by atoms with Gasteiger partial charge in [0.25, 0.3) is 5.91 Å². The van der Waals surface area contributed by atoms with Crippen LogP contribution in [0.15, 0.2) is 30.3 Å². The highest BCUT2D eigenvalue weighted by Crippen LogP contribution is 2.31. The average molecular weight is 370 g/mol. The number of hydrogen-bond donors (Lipinski definition) is 1. The van der Waals surface area contributed by atoms with Crippen molar-refractivity contribution in [3.05, 3.63) is 41.7 Å². The quantitative estimate of drug-likeness (QED) is 0.892. The number of ether oxygens (including phenoxy) is 2. The highest BCUT2D eigenvalue weighted by atomic mass is 16.6. The van der Waals surface area contributed by atoms with Crippen LogP contribution in [0.25, 0.3) is 0 Å². The molecule has 1 aromatic carbocycles. The summed E-state index contributed by atoms with van der Waals surface area (Å²) in [6.07, 6.45) is 0.816. The number of nitrogens with zero attached hydrogens (tertiary/aromatic N) is 3. The zero-order valence-corrected chi connectivity index (χ0v) is 15.9. The molecule has 1 aromatic heterocycles. The molecule has 2 aliphatic heterocycles. The van der Waals surface area contributed by atoms with E-state index in [0.717, 1.165) is 43.2 Å². The van der Waals surface area contributed by atoms with Crippen LogP contribution in [-0.2, 0) is 13.1 Å². The van der Waals surface area contributed by atoms with Crippen molar-refractivity contribution < 1.29 is 14.3 Å². The first kappa shape index (κ1) is 17.9. The van der Waals surface area contributed by atoms with E-state index in [9.17, 15) is 4.79 Å². The fourth-order valence-corrected chi connectivity index (χ4v) is 3.51. The molecule has 0 aliphatic carbocycles. The molecule has 3 heterocycles. The number of rotatable bonds is 4. The highest BCUT2D eigenvalue weighted by molar-refractivity contribution is 5.92. The lowest BCUT2D eigenvalue weighted by atomic mass is 10.2. The Labute approximate surface area is 159 Å². The Morgan fingerprint density at radius 3 is 3.00 bits per heavy atom. The molecule has 0 radical (unpaired) electrons. The van der Waals surface area contributed by atoms with Crippen molar-refractivity contribution in [1.82, 2.24) is 20.0 Å². The average Bonchev–Trinajstić information content (AvgIpc) is 2.96. The minimum atomic E-state index is -0.201. The first-order valence-electron chi connectivity index (χ1n) is 9.58. The molecule has 0 unspecified atom stereocenters. The summed E-state index contributed by atoms with van der Waals surface area (Å²) in [5.41, 5.74) is 1.56. The van der Waals surface area contributed by atoms with Gasteiger partial charge in [-0.05, 0) is 45.0 Å². The summed E-state index contributed by atoms with van der Waals surface area (Å²) in [6.45, 7) is 7.48. The number of fused-ring (bicyclic) bond motifs is 2. The Hall–Kier alpha value is -2.54. The number of aromatic nitrogens is 2. The normalized spacial score (nSPS) is 18.7. The summed E-state index contributed by atoms with van der Waals surface area (Å²) in [6, 6.07) is 9.57. The van der Waals surface area contributed by atoms with Crippen LogP contribution in [0.1, 0.15) is 36.5 Å². The summed E-state index contributed by atoms with van der Waals surface area (Å²) in [7, 11) is 0. The Morgan fingerprint density at radius 2 is 2.19 bits per heavy atom. The molecule has 2 aliphatic rings. The van der Waals surface area contributed by atoms with Gasteiger partial charge in [-0.2, -0.15) is 5.10 Å². The van der Waals surface area contributed by atoms with Crippen molar-refractivity contribution in [1.29, 1.82) is 0 Å². The van der Waals surface area contributed by atoms with E-state index in [0.29, 0.717) is 18.8 Å². The molecule has 0 fully saturated rings. The van der Waals surface area contributed by atoms with Gasteiger partial charge in [0.1, 0.15) is 6.61 Å². The number of amides is 1. The second-order valence-electron chi connectivity index (χ2n) is 7.32. The highest BCUT2D eigenvalue weighted by Gasteiger charge is 2.29. The topological polar surface area (TPSA) is 68.6 Å². The SMILES string of the molecule is CC(C)N(C[C@H]1COc2ccccc2O1)C(=O)c1cc2n(n1)CCCNC2. The van der Waals surface area contributed by atoms with Gasteiger partial charge < -0.3 is 19.7 Å². The van der Waals surface area contributed by atoms with E-state index in [1.54, 1.807) is 0 Å². The van der Waals surface area contributed by atoms with E-state index in [2.05, 4.69) is 10.4 Å². The monoisotopic (exact) mass is 370 g/mol. The first-order valence-corrected chi connectivity index (χ1v) is 9.58. The Balaban J connectivity index is 1.49. The zero-order valence-electron chi connectivity index (χ0n) is 15.9. The lowest BCUT2D eigenvalue weighted by molar-refractivity contribution is 0.0388. The van der Waals surface area contributed by atoms with Gasteiger partial charge >= 0.3 is 0 Å². The minimum absolute atomic E-state index is 0.0397. The van der Waals surface area contributed by atoms with Gasteiger partial charge in [-0.3, -0.25) is 9.48 Å². The van der Waals surface area contributed by atoms with Crippen LogP contribution in [0, 0.1) is 0 Å². The van der Waals surface area contributed by atoms with Gasteiger partial charge in [0, 0.05) is 19.1 Å². The second-order valence-corrected chi connectivity index (χ2v) is 7.32. The van der Waals surface area contributed by atoms with Crippen molar-refractivity contribution >= 4 is 5.91 Å². The number of nitrogens with one attached hydrogen (secondary N) is 1. The van der Waals surface area contributed by atoms with E-state index in [1.807, 2.05) is 53.8 Å². The number of carbonyl (C=O) groups excluding carboxylic acids is 1. The molecular weight excluding hydrogens is 344 g/mol. The molecule has 0 saturated heterocycles. The first-order chi connectivity index (χ1) is 13.1.